The number of aromatic nitrogens is 1. The number of anilines is 2. The maximum Gasteiger partial charge on any atom is 0.416 e. The van der Waals surface area contributed by atoms with Crippen molar-refractivity contribution in [3.8, 4) is 5.75 Å². The van der Waals surface area contributed by atoms with Gasteiger partial charge < -0.3 is 15.0 Å². The van der Waals surface area contributed by atoms with E-state index in [9.17, 15) is 36.7 Å². The third kappa shape index (κ3) is 5.35. The zero-order chi connectivity index (χ0) is 34.4. The molecule has 7 atom stereocenters. The Kier molecular flexibility index (Phi) is 7.68. The number of imide groups is 1. The molecule has 2 aliphatic heterocycles. The third-order valence-corrected chi connectivity index (χ3v) is 12.8. The van der Waals surface area contributed by atoms with Gasteiger partial charge >= 0.3 is 11.0 Å². The number of ether oxygens (including phenoxy) is 1. The molecule has 4 aromatic rings. The van der Waals surface area contributed by atoms with E-state index < -0.39 is 47.8 Å². The van der Waals surface area contributed by atoms with Crippen LogP contribution in [0.5, 0.6) is 5.75 Å². The number of rotatable bonds is 6. The largest absolute Gasteiger partial charge is 0.483 e. The van der Waals surface area contributed by atoms with Gasteiger partial charge in [-0.05, 0) is 84.8 Å². The lowest BCUT2D eigenvalue weighted by Crippen LogP contribution is -2.42. The highest BCUT2D eigenvalue weighted by Gasteiger charge is 2.70. The summed E-state index contributed by atoms with van der Waals surface area (Å²) in [6, 6.07) is 14.4. The highest BCUT2D eigenvalue weighted by Crippen LogP contribution is 2.69. The van der Waals surface area contributed by atoms with Crippen molar-refractivity contribution in [3.63, 3.8) is 0 Å². The highest BCUT2D eigenvalue weighted by atomic mass is 35.5. The van der Waals surface area contributed by atoms with Gasteiger partial charge in [0.15, 0.2) is 6.61 Å². The van der Waals surface area contributed by atoms with Gasteiger partial charge in [0.2, 0.25) is 11.8 Å². The fourth-order valence-corrected chi connectivity index (χ4v) is 11.3. The van der Waals surface area contributed by atoms with E-state index >= 15 is 0 Å². The lowest BCUT2D eigenvalue weighted by molar-refractivity contribution is -0.137. The second kappa shape index (κ2) is 11.7. The van der Waals surface area contributed by atoms with Crippen LogP contribution in [0.4, 0.5) is 28.9 Å². The number of alkyl halides is 3. The normalized spacial score (nSPS) is 26.8. The van der Waals surface area contributed by atoms with Gasteiger partial charge in [-0.25, -0.2) is 4.39 Å². The van der Waals surface area contributed by atoms with Crippen molar-refractivity contribution in [2.24, 2.45) is 29.6 Å². The molecule has 1 aromatic heterocycles. The van der Waals surface area contributed by atoms with Crippen LogP contribution in [0.25, 0.3) is 0 Å². The molecule has 8 rings (SSSR count). The summed E-state index contributed by atoms with van der Waals surface area (Å²) in [5, 5.41) is 3.32. The number of hydrogen-bond donors (Lipinski definition) is 2. The van der Waals surface area contributed by atoms with Crippen molar-refractivity contribution in [3.05, 3.63) is 103 Å². The molecule has 3 aromatic carbocycles. The van der Waals surface area contributed by atoms with Crippen molar-refractivity contribution in [2.75, 3.05) is 16.8 Å². The number of benzene rings is 3. The topological polar surface area (TPSA) is 109 Å². The van der Waals surface area contributed by atoms with E-state index in [-0.39, 0.29) is 51.1 Å². The Morgan fingerprint density at radius 1 is 1.00 bits per heavy atom. The second-order valence-electron chi connectivity index (χ2n) is 12.5. The van der Waals surface area contributed by atoms with E-state index in [4.69, 9.17) is 16.3 Å². The van der Waals surface area contributed by atoms with Gasteiger partial charge in [0.1, 0.15) is 11.6 Å². The van der Waals surface area contributed by atoms with Crippen molar-refractivity contribution in [1.82, 2.24) is 4.98 Å². The standard InChI is InChI=1S/C34H24ClF4N3O5S2/c35-15-4-9-22(47-13-23(43)40-17-3-1-2-14(10-17)34(37,38)39)19(11-15)24-25-20-12-21(28(25)48-30-29(24)49-33(46)41-30)27-26(20)31(44)42(32(27)45)18-7-5-16(36)6-8-18/h1-11,20-21,24-28H,12-13H2,(H,40,43)(H,41,46)/t20-,21-,24+,25-,26+,27+,28-/m1/s1. The number of fused-ring (bicyclic) bond motifs is 9. The number of carbonyl (C=O) groups excluding carboxylic acids is 3. The quantitative estimate of drug-likeness (QED) is 0.165. The fraction of sp³-hybridized carbons (Fsp3) is 0.294. The van der Waals surface area contributed by atoms with Crippen LogP contribution >= 0.6 is 34.7 Å². The first kappa shape index (κ1) is 32.1. The van der Waals surface area contributed by atoms with E-state index in [1.165, 1.54) is 53.1 Å². The summed E-state index contributed by atoms with van der Waals surface area (Å²) in [5.74, 6) is -3.80. The lowest BCUT2D eigenvalue weighted by atomic mass is 9.68. The second-order valence-corrected chi connectivity index (χ2v) is 15.2. The minimum Gasteiger partial charge on any atom is -0.483 e. The number of hydrogen-bond acceptors (Lipinski definition) is 7. The zero-order valence-electron chi connectivity index (χ0n) is 25.0. The van der Waals surface area contributed by atoms with Gasteiger partial charge in [0.05, 0.1) is 28.1 Å². The van der Waals surface area contributed by atoms with E-state index in [1.54, 1.807) is 18.2 Å². The van der Waals surface area contributed by atoms with Crippen molar-refractivity contribution in [2.45, 2.75) is 28.8 Å². The maximum atomic E-state index is 14.0. The molecule has 1 saturated heterocycles. The van der Waals surface area contributed by atoms with Crippen LogP contribution in [0.15, 0.2) is 76.6 Å². The molecule has 8 nitrogen and oxygen atoms in total. The first-order valence-corrected chi connectivity index (χ1v) is 17.4. The summed E-state index contributed by atoms with van der Waals surface area (Å²) in [6.45, 7) is -0.535. The summed E-state index contributed by atoms with van der Waals surface area (Å²) < 4.78 is 59.2. The number of H-pyrrole nitrogens is 1. The van der Waals surface area contributed by atoms with Gasteiger partial charge in [-0.3, -0.25) is 24.1 Å². The van der Waals surface area contributed by atoms with Crippen molar-refractivity contribution in [1.29, 1.82) is 0 Å². The Labute approximate surface area is 288 Å². The van der Waals surface area contributed by atoms with Gasteiger partial charge in [-0.15, -0.1) is 11.8 Å². The molecule has 3 fully saturated rings. The van der Waals surface area contributed by atoms with Crippen molar-refractivity contribution >= 4 is 63.8 Å². The molecule has 0 unspecified atom stereocenters. The predicted molar refractivity (Wildman–Crippen MR) is 174 cm³/mol. The molecule has 2 saturated carbocycles. The first-order chi connectivity index (χ1) is 23.4. The average molecular weight is 730 g/mol. The number of amides is 3. The molecule has 2 bridgehead atoms. The summed E-state index contributed by atoms with van der Waals surface area (Å²) in [6.07, 6.45) is -3.96. The number of aromatic amines is 1. The van der Waals surface area contributed by atoms with E-state index in [2.05, 4.69) is 10.3 Å². The predicted octanol–water partition coefficient (Wildman–Crippen LogP) is 6.94. The van der Waals surface area contributed by atoms with Crippen LogP contribution in [0.1, 0.15) is 28.3 Å². The first-order valence-electron chi connectivity index (χ1n) is 15.3. The summed E-state index contributed by atoms with van der Waals surface area (Å²) in [7, 11) is 0. The Hall–Kier alpha value is -4.14. The van der Waals surface area contributed by atoms with E-state index in [1.807, 2.05) is 0 Å². The molecule has 252 valence electrons. The molecule has 15 heteroatoms. The number of nitrogens with zero attached hydrogens (tertiary/aromatic N) is 1. The van der Waals surface area contributed by atoms with Gasteiger partial charge in [0, 0.05) is 32.3 Å². The van der Waals surface area contributed by atoms with Crippen molar-refractivity contribution < 1.29 is 36.7 Å². The molecule has 4 aliphatic rings. The molecule has 3 amide bonds. The smallest absolute Gasteiger partial charge is 0.416 e. The van der Waals surface area contributed by atoms with Crippen LogP contribution in [0, 0.1) is 35.4 Å². The number of halogens is 5. The van der Waals surface area contributed by atoms with Gasteiger partial charge in [0.25, 0.3) is 5.91 Å². The van der Waals surface area contributed by atoms with Gasteiger partial charge in [-0.1, -0.05) is 29.0 Å². The van der Waals surface area contributed by atoms with Crippen LogP contribution in [-0.2, 0) is 20.6 Å². The Morgan fingerprint density at radius 2 is 1.73 bits per heavy atom. The molecule has 0 spiro atoms. The monoisotopic (exact) mass is 729 g/mol. The molecule has 0 radical (unpaired) electrons. The van der Waals surface area contributed by atoms with E-state index in [0.717, 1.165) is 28.3 Å². The summed E-state index contributed by atoms with van der Waals surface area (Å²) in [4.78, 5) is 57.9. The van der Waals surface area contributed by atoms with Crippen LogP contribution in [0.3, 0.4) is 0 Å². The molecular weight excluding hydrogens is 706 g/mol. The Balaban J connectivity index is 1.11. The summed E-state index contributed by atoms with van der Waals surface area (Å²) in [5.41, 5.74) is -0.0543. The van der Waals surface area contributed by atoms with Crippen LogP contribution in [0.2, 0.25) is 5.02 Å². The number of nitrogens with one attached hydrogen (secondary N) is 2. The zero-order valence-corrected chi connectivity index (χ0v) is 27.4. The molecule has 2 N–H and O–H groups in total. The molecular formula is C34H24ClF4N3O5S2. The summed E-state index contributed by atoms with van der Waals surface area (Å²) >= 11 is 9.05. The number of carbonyl (C=O) groups is 3. The number of thiazole rings is 1. The molecule has 2 aliphatic carbocycles. The molecule has 3 heterocycles. The highest BCUT2D eigenvalue weighted by molar-refractivity contribution is 8.00. The Bertz CT molecular complexity index is 2090. The fourth-order valence-electron chi connectivity index (χ4n) is 8.22. The average Bonchev–Trinajstić information content (AvgIpc) is 3.79. The maximum absolute atomic E-state index is 14.0. The molecule has 49 heavy (non-hydrogen) atoms. The van der Waals surface area contributed by atoms with Crippen LogP contribution in [-0.4, -0.2) is 34.6 Å². The number of thioether (sulfide) groups is 1. The van der Waals surface area contributed by atoms with Crippen LogP contribution < -0.4 is 19.8 Å². The lowest BCUT2D eigenvalue weighted by Gasteiger charge is -2.43. The Morgan fingerprint density at radius 3 is 2.47 bits per heavy atom. The van der Waals surface area contributed by atoms with E-state index in [0.29, 0.717) is 27.7 Å². The minimum atomic E-state index is -4.58. The van der Waals surface area contributed by atoms with Gasteiger partial charge in [-0.2, -0.15) is 13.2 Å². The SMILES string of the molecule is O=C(COc1ccc(Cl)cc1[C@@H]1c2sc(=O)[nH]c2S[C@@H]2[C@@H]3C[C@@H]([C@@H]4C(=O)N(c5ccc(F)cc5)C(=O)[C@@H]34)[C@H]12)Nc1cccc(C(F)(F)F)c1. The third-order valence-electron chi connectivity index (χ3n) is 9.95. The minimum absolute atomic E-state index is 0.0457.